The molecule has 2 N–H and O–H groups in total. The molecule has 1 aromatic carbocycles. The van der Waals surface area contributed by atoms with Crippen molar-refractivity contribution in [3.05, 3.63) is 33.8 Å². The van der Waals surface area contributed by atoms with Crippen LogP contribution in [-0.4, -0.2) is 40.2 Å². The topological polar surface area (TPSA) is 60.8 Å². The molecular formula is C14H17Cl2NO3. The zero-order chi connectivity index (χ0) is 14.9. The highest BCUT2D eigenvalue weighted by atomic mass is 35.5. The summed E-state index contributed by atoms with van der Waals surface area (Å²) in [6.07, 6.45) is -0.989. The summed E-state index contributed by atoms with van der Waals surface area (Å²) >= 11 is 11.7. The molecule has 2 rings (SSSR count). The van der Waals surface area contributed by atoms with Crippen LogP contribution < -0.4 is 0 Å². The molecule has 4 nitrogen and oxygen atoms in total. The van der Waals surface area contributed by atoms with Crippen molar-refractivity contribution in [1.82, 2.24) is 4.90 Å². The van der Waals surface area contributed by atoms with Crippen LogP contribution in [0.2, 0.25) is 10.0 Å². The van der Waals surface area contributed by atoms with Crippen LogP contribution in [0, 0.1) is 5.92 Å². The summed E-state index contributed by atoms with van der Waals surface area (Å²) in [6, 6.07) is 4.60. The van der Waals surface area contributed by atoms with Crippen LogP contribution in [0.15, 0.2) is 18.2 Å². The number of amides is 1. The van der Waals surface area contributed by atoms with Crippen molar-refractivity contribution in [3.8, 4) is 0 Å². The summed E-state index contributed by atoms with van der Waals surface area (Å²) in [5.41, 5.74) is 0.382. The van der Waals surface area contributed by atoms with Crippen LogP contribution in [0.1, 0.15) is 25.0 Å². The van der Waals surface area contributed by atoms with Crippen LogP contribution in [0.4, 0.5) is 0 Å². The van der Waals surface area contributed by atoms with Crippen LogP contribution in [0.5, 0.6) is 0 Å². The lowest BCUT2D eigenvalue weighted by molar-refractivity contribution is -0.139. The molecule has 0 radical (unpaired) electrons. The van der Waals surface area contributed by atoms with Gasteiger partial charge < -0.3 is 15.1 Å². The minimum absolute atomic E-state index is 0.0640. The summed E-state index contributed by atoms with van der Waals surface area (Å²) in [6.45, 7) is 2.72. The van der Waals surface area contributed by atoms with E-state index in [1.54, 1.807) is 17.9 Å². The first-order chi connectivity index (χ1) is 9.38. The fourth-order valence-electron chi connectivity index (χ4n) is 2.43. The number of carbonyl (C=O) groups is 1. The Bertz CT molecular complexity index is 487. The molecule has 3 atom stereocenters. The molecule has 1 aliphatic rings. The number of hydrogen-bond donors (Lipinski definition) is 2. The fraction of sp³-hybridized carbons (Fsp3) is 0.500. The van der Waals surface area contributed by atoms with Gasteiger partial charge >= 0.3 is 0 Å². The van der Waals surface area contributed by atoms with Gasteiger partial charge in [0.05, 0.1) is 6.10 Å². The smallest absolute Gasteiger partial charge is 0.256 e. The second kappa shape index (κ2) is 6.31. The quantitative estimate of drug-likeness (QED) is 0.899. The maximum atomic E-state index is 12.2. The van der Waals surface area contributed by atoms with Crippen molar-refractivity contribution in [1.29, 1.82) is 0 Å². The molecule has 1 aromatic rings. The number of halogens is 2. The van der Waals surface area contributed by atoms with Crippen molar-refractivity contribution >= 4 is 29.1 Å². The summed E-state index contributed by atoms with van der Waals surface area (Å²) in [5.74, 6) is -0.319. The molecule has 0 saturated carbocycles. The van der Waals surface area contributed by atoms with E-state index < -0.39 is 12.2 Å². The minimum Gasteiger partial charge on any atom is -0.393 e. The van der Waals surface area contributed by atoms with E-state index in [1.165, 1.54) is 12.1 Å². The van der Waals surface area contributed by atoms with Crippen molar-refractivity contribution in [2.24, 2.45) is 5.92 Å². The highest BCUT2D eigenvalue weighted by Crippen LogP contribution is 2.27. The third-order valence-electron chi connectivity index (χ3n) is 3.65. The summed E-state index contributed by atoms with van der Waals surface area (Å²) in [5, 5.41) is 20.5. The highest BCUT2D eigenvalue weighted by Gasteiger charge is 2.32. The van der Waals surface area contributed by atoms with Gasteiger partial charge in [0.15, 0.2) is 6.10 Å². The average molecular weight is 318 g/mol. The van der Waals surface area contributed by atoms with Crippen molar-refractivity contribution in [3.63, 3.8) is 0 Å². The lowest BCUT2D eigenvalue weighted by atomic mass is 10.0. The Morgan fingerprint density at radius 2 is 1.90 bits per heavy atom. The van der Waals surface area contributed by atoms with E-state index >= 15 is 0 Å². The van der Waals surface area contributed by atoms with E-state index in [4.69, 9.17) is 23.2 Å². The number of aliphatic hydroxyl groups excluding tert-OH is 2. The molecule has 0 bridgehead atoms. The fourth-order valence-corrected chi connectivity index (χ4v) is 2.97. The van der Waals surface area contributed by atoms with Crippen LogP contribution in [-0.2, 0) is 4.79 Å². The molecule has 1 aliphatic heterocycles. The monoisotopic (exact) mass is 317 g/mol. The van der Waals surface area contributed by atoms with E-state index in [0.29, 0.717) is 28.7 Å². The predicted molar refractivity (Wildman–Crippen MR) is 77.8 cm³/mol. The highest BCUT2D eigenvalue weighted by molar-refractivity contribution is 6.34. The number of rotatable bonds is 3. The van der Waals surface area contributed by atoms with Crippen LogP contribution in [0.25, 0.3) is 0 Å². The van der Waals surface area contributed by atoms with Gasteiger partial charge in [-0.1, -0.05) is 23.2 Å². The first kappa shape index (κ1) is 15.6. The van der Waals surface area contributed by atoms with Crippen LogP contribution >= 0.6 is 23.2 Å². The van der Waals surface area contributed by atoms with Crippen LogP contribution in [0.3, 0.4) is 0 Å². The third kappa shape index (κ3) is 3.44. The first-order valence-electron chi connectivity index (χ1n) is 6.49. The standard InChI is InChI=1S/C14H17Cl2NO3/c1-8(18)9-2-3-17(7-9)14(20)13(19)10-4-11(15)6-12(16)5-10/h4-6,8-9,13,18-19H,2-3,7H2,1H3. The number of aliphatic hydroxyl groups is 2. The van der Waals surface area contributed by atoms with E-state index in [-0.39, 0.29) is 11.8 Å². The SMILES string of the molecule is CC(O)C1CCN(C(=O)C(O)c2cc(Cl)cc(Cl)c2)C1. The molecule has 1 saturated heterocycles. The molecule has 3 unspecified atom stereocenters. The zero-order valence-electron chi connectivity index (χ0n) is 11.1. The molecule has 0 spiro atoms. The lowest BCUT2D eigenvalue weighted by Crippen LogP contribution is -2.34. The molecule has 0 aliphatic carbocycles. The Hall–Kier alpha value is -0.810. The Kier molecular flexibility index (Phi) is 4.91. The van der Waals surface area contributed by atoms with Gasteiger partial charge in [-0.05, 0) is 37.1 Å². The number of nitrogens with zero attached hydrogens (tertiary/aromatic N) is 1. The van der Waals surface area contributed by atoms with Gasteiger partial charge in [0.1, 0.15) is 0 Å². The van der Waals surface area contributed by atoms with Crippen molar-refractivity contribution in [2.45, 2.75) is 25.6 Å². The Labute approximate surface area is 127 Å². The third-order valence-corrected chi connectivity index (χ3v) is 4.09. The van der Waals surface area contributed by atoms with Gasteiger partial charge in [-0.2, -0.15) is 0 Å². The molecule has 6 heteroatoms. The normalized spacial score (nSPS) is 21.9. The second-order valence-electron chi connectivity index (χ2n) is 5.18. The Morgan fingerprint density at radius 3 is 2.40 bits per heavy atom. The number of hydrogen-bond acceptors (Lipinski definition) is 3. The molecular weight excluding hydrogens is 301 g/mol. The molecule has 1 heterocycles. The van der Waals surface area contributed by atoms with Crippen molar-refractivity contribution in [2.75, 3.05) is 13.1 Å². The number of likely N-dealkylation sites (tertiary alicyclic amines) is 1. The van der Waals surface area contributed by atoms with Gasteiger partial charge in [0.2, 0.25) is 0 Å². The van der Waals surface area contributed by atoms with Gasteiger partial charge in [0, 0.05) is 29.1 Å². The maximum Gasteiger partial charge on any atom is 0.256 e. The number of carbonyl (C=O) groups excluding carboxylic acids is 1. The van der Waals surface area contributed by atoms with Crippen molar-refractivity contribution < 1.29 is 15.0 Å². The van der Waals surface area contributed by atoms with Gasteiger partial charge in [-0.25, -0.2) is 0 Å². The van der Waals surface area contributed by atoms with E-state index in [2.05, 4.69) is 0 Å². The molecule has 110 valence electrons. The average Bonchev–Trinajstić information content (AvgIpc) is 2.85. The van der Waals surface area contributed by atoms with E-state index in [9.17, 15) is 15.0 Å². The summed E-state index contributed by atoms with van der Waals surface area (Å²) in [4.78, 5) is 13.8. The Morgan fingerprint density at radius 1 is 1.30 bits per heavy atom. The molecule has 1 fully saturated rings. The number of benzene rings is 1. The summed E-state index contributed by atoms with van der Waals surface area (Å²) in [7, 11) is 0. The van der Waals surface area contributed by atoms with Gasteiger partial charge in [0.25, 0.3) is 5.91 Å². The lowest BCUT2D eigenvalue weighted by Gasteiger charge is -2.21. The summed E-state index contributed by atoms with van der Waals surface area (Å²) < 4.78 is 0. The second-order valence-corrected chi connectivity index (χ2v) is 6.05. The maximum absolute atomic E-state index is 12.2. The molecule has 0 aromatic heterocycles. The first-order valence-corrected chi connectivity index (χ1v) is 7.25. The molecule has 1 amide bonds. The molecule has 20 heavy (non-hydrogen) atoms. The minimum atomic E-state index is -1.28. The largest absolute Gasteiger partial charge is 0.393 e. The Balaban J connectivity index is 2.09. The van der Waals surface area contributed by atoms with Gasteiger partial charge in [-0.15, -0.1) is 0 Å². The van der Waals surface area contributed by atoms with E-state index in [0.717, 1.165) is 6.42 Å². The van der Waals surface area contributed by atoms with Gasteiger partial charge in [-0.3, -0.25) is 4.79 Å². The zero-order valence-corrected chi connectivity index (χ0v) is 12.6. The van der Waals surface area contributed by atoms with E-state index in [1.807, 2.05) is 0 Å². The predicted octanol–water partition coefficient (Wildman–Crippen LogP) is 2.26.